The fourth-order valence-electron chi connectivity index (χ4n) is 3.59. The maximum atomic E-state index is 5.45. The highest BCUT2D eigenvalue weighted by molar-refractivity contribution is 14.0. The van der Waals surface area contributed by atoms with Crippen molar-refractivity contribution in [1.29, 1.82) is 0 Å². The van der Waals surface area contributed by atoms with Gasteiger partial charge in [0.25, 0.3) is 0 Å². The Morgan fingerprint density at radius 1 is 1.07 bits per heavy atom. The first kappa shape index (κ1) is 22.2. The summed E-state index contributed by atoms with van der Waals surface area (Å²) < 4.78 is 5.45. The first-order valence-corrected chi connectivity index (χ1v) is 9.93. The lowest BCUT2D eigenvalue weighted by Gasteiger charge is -2.38. The van der Waals surface area contributed by atoms with Crippen LogP contribution >= 0.6 is 24.0 Å². The Kier molecular flexibility index (Phi) is 9.64. The molecule has 0 radical (unpaired) electrons. The monoisotopic (exact) mass is 487 g/mol. The summed E-state index contributed by atoms with van der Waals surface area (Å²) in [4.78, 5) is 12.3. The zero-order valence-corrected chi connectivity index (χ0v) is 19.0. The minimum Gasteiger partial charge on any atom is -0.379 e. The van der Waals surface area contributed by atoms with E-state index in [1.54, 1.807) is 0 Å². The molecule has 1 atom stereocenters. The molecule has 2 fully saturated rings. The van der Waals surface area contributed by atoms with Crippen molar-refractivity contribution in [3.8, 4) is 0 Å². The molecule has 1 N–H and O–H groups in total. The van der Waals surface area contributed by atoms with Crippen LogP contribution < -0.4 is 10.2 Å². The zero-order chi connectivity index (χ0) is 18.2. The number of halogens is 1. The molecule has 0 amide bonds. The summed E-state index contributed by atoms with van der Waals surface area (Å²) in [5.74, 6) is 1.06. The van der Waals surface area contributed by atoms with Gasteiger partial charge < -0.3 is 19.9 Å². The van der Waals surface area contributed by atoms with E-state index >= 15 is 0 Å². The van der Waals surface area contributed by atoms with Gasteiger partial charge in [-0.2, -0.15) is 0 Å². The third-order valence-electron chi connectivity index (χ3n) is 5.21. The molecular formula is C20H34IN5O. The lowest BCUT2D eigenvalue weighted by molar-refractivity contribution is 0.0220. The molecule has 3 rings (SSSR count). The van der Waals surface area contributed by atoms with Gasteiger partial charge in [-0.3, -0.25) is 9.89 Å². The van der Waals surface area contributed by atoms with Crippen LogP contribution in [-0.2, 0) is 4.74 Å². The van der Waals surface area contributed by atoms with E-state index in [1.165, 1.54) is 5.69 Å². The number of nitrogens with zero attached hydrogens (tertiary/aromatic N) is 4. The summed E-state index contributed by atoms with van der Waals surface area (Å²) in [6.07, 6.45) is 0. The molecule has 0 saturated carbocycles. The van der Waals surface area contributed by atoms with Gasteiger partial charge in [0.15, 0.2) is 5.96 Å². The maximum Gasteiger partial charge on any atom is 0.194 e. The van der Waals surface area contributed by atoms with Crippen molar-refractivity contribution in [1.82, 2.24) is 15.1 Å². The molecule has 6 nitrogen and oxygen atoms in total. The van der Waals surface area contributed by atoms with E-state index in [4.69, 9.17) is 9.73 Å². The minimum absolute atomic E-state index is 0. The van der Waals surface area contributed by atoms with Crippen LogP contribution in [0.15, 0.2) is 35.3 Å². The number of aliphatic imine (C=N–C) groups is 1. The number of morpholine rings is 1. The molecule has 2 heterocycles. The first-order chi connectivity index (χ1) is 12.8. The van der Waals surface area contributed by atoms with Crippen LogP contribution in [0, 0.1) is 0 Å². The molecule has 0 bridgehead atoms. The van der Waals surface area contributed by atoms with E-state index in [2.05, 4.69) is 64.2 Å². The van der Waals surface area contributed by atoms with Gasteiger partial charge in [-0.15, -0.1) is 24.0 Å². The number of rotatable bonds is 5. The van der Waals surface area contributed by atoms with Crippen LogP contribution in [0.4, 0.5) is 5.69 Å². The number of ether oxygens (including phenoxy) is 1. The van der Waals surface area contributed by atoms with E-state index < -0.39 is 0 Å². The fourth-order valence-corrected chi connectivity index (χ4v) is 3.59. The smallest absolute Gasteiger partial charge is 0.194 e. The Hall–Kier alpha value is -1.06. The Balaban J connectivity index is 0.00000261. The van der Waals surface area contributed by atoms with Crippen molar-refractivity contribution in [3.05, 3.63) is 30.3 Å². The topological polar surface area (TPSA) is 43.3 Å². The number of nitrogens with one attached hydrogen (secondary N) is 1. The SMILES string of the molecule is CCNC(=NCC(C)N1CCOCC1)N1CCN(c2ccccc2)CC1.I. The van der Waals surface area contributed by atoms with Crippen molar-refractivity contribution in [3.63, 3.8) is 0 Å². The van der Waals surface area contributed by atoms with E-state index in [9.17, 15) is 0 Å². The van der Waals surface area contributed by atoms with Crippen LogP contribution in [0.25, 0.3) is 0 Å². The van der Waals surface area contributed by atoms with Gasteiger partial charge >= 0.3 is 0 Å². The summed E-state index contributed by atoms with van der Waals surface area (Å²) in [5.41, 5.74) is 1.31. The largest absolute Gasteiger partial charge is 0.379 e. The van der Waals surface area contributed by atoms with E-state index in [1.807, 2.05) is 0 Å². The van der Waals surface area contributed by atoms with Gasteiger partial charge in [-0.1, -0.05) is 18.2 Å². The van der Waals surface area contributed by atoms with Gasteiger partial charge in [0.05, 0.1) is 19.8 Å². The Bertz CT molecular complexity index is 557. The normalized spacial score (nSPS) is 20.1. The van der Waals surface area contributed by atoms with Gasteiger partial charge in [0.2, 0.25) is 0 Å². The Morgan fingerprint density at radius 2 is 1.74 bits per heavy atom. The number of guanidine groups is 1. The van der Waals surface area contributed by atoms with Crippen molar-refractivity contribution in [2.24, 2.45) is 4.99 Å². The lowest BCUT2D eigenvalue weighted by atomic mass is 10.2. The maximum absolute atomic E-state index is 5.45. The zero-order valence-electron chi connectivity index (χ0n) is 16.6. The second-order valence-corrected chi connectivity index (χ2v) is 7.00. The average Bonchev–Trinajstić information content (AvgIpc) is 2.72. The minimum atomic E-state index is 0. The molecule has 1 aromatic rings. The number of para-hydroxylation sites is 1. The van der Waals surface area contributed by atoms with Crippen LogP contribution in [0.5, 0.6) is 0 Å². The first-order valence-electron chi connectivity index (χ1n) is 9.93. The summed E-state index contributed by atoms with van der Waals surface area (Å²) in [6, 6.07) is 11.1. The molecule has 2 aliphatic heterocycles. The number of anilines is 1. The Labute approximate surface area is 181 Å². The van der Waals surface area contributed by atoms with Crippen molar-refractivity contribution in [2.45, 2.75) is 19.9 Å². The summed E-state index contributed by atoms with van der Waals surface area (Å²) in [5, 5.41) is 3.48. The molecule has 1 aromatic carbocycles. The third kappa shape index (κ3) is 6.50. The van der Waals surface area contributed by atoms with Gasteiger partial charge in [0.1, 0.15) is 0 Å². The Morgan fingerprint density at radius 3 is 2.37 bits per heavy atom. The molecular weight excluding hydrogens is 453 g/mol. The van der Waals surface area contributed by atoms with Crippen molar-refractivity contribution < 1.29 is 4.74 Å². The molecule has 27 heavy (non-hydrogen) atoms. The molecule has 152 valence electrons. The molecule has 7 heteroatoms. The van der Waals surface area contributed by atoms with Crippen LogP contribution in [0.2, 0.25) is 0 Å². The third-order valence-corrected chi connectivity index (χ3v) is 5.21. The van der Waals surface area contributed by atoms with Crippen LogP contribution in [0.1, 0.15) is 13.8 Å². The van der Waals surface area contributed by atoms with Crippen LogP contribution in [-0.4, -0.2) is 87.4 Å². The lowest BCUT2D eigenvalue weighted by Crippen LogP contribution is -2.53. The number of piperazine rings is 1. The number of benzene rings is 1. The number of hydrogen-bond donors (Lipinski definition) is 1. The molecule has 0 spiro atoms. The molecule has 0 aromatic heterocycles. The van der Waals surface area contributed by atoms with Crippen LogP contribution in [0.3, 0.4) is 0 Å². The highest BCUT2D eigenvalue weighted by atomic mass is 127. The highest BCUT2D eigenvalue weighted by Crippen LogP contribution is 2.15. The van der Waals surface area contributed by atoms with E-state index in [0.29, 0.717) is 6.04 Å². The second kappa shape index (κ2) is 11.7. The summed E-state index contributed by atoms with van der Waals surface area (Å²) >= 11 is 0. The second-order valence-electron chi connectivity index (χ2n) is 7.00. The van der Waals surface area contributed by atoms with Crippen molar-refractivity contribution in [2.75, 3.05) is 70.5 Å². The average molecular weight is 487 g/mol. The highest BCUT2D eigenvalue weighted by Gasteiger charge is 2.21. The quantitative estimate of drug-likeness (QED) is 0.392. The van der Waals surface area contributed by atoms with Crippen molar-refractivity contribution >= 4 is 35.6 Å². The van der Waals surface area contributed by atoms with Gasteiger partial charge in [-0.25, -0.2) is 0 Å². The fraction of sp³-hybridized carbons (Fsp3) is 0.650. The standard InChI is InChI=1S/C20H33N5O.HI/c1-3-21-20(22-17-18(2)23-13-15-26-16-14-23)25-11-9-24(10-12-25)19-7-5-4-6-8-19;/h4-8,18H,3,9-17H2,1-2H3,(H,21,22);1H. The molecule has 1 unspecified atom stereocenters. The van der Waals surface area contributed by atoms with Gasteiger partial charge in [-0.05, 0) is 26.0 Å². The summed E-state index contributed by atoms with van der Waals surface area (Å²) in [6.45, 7) is 14.0. The van der Waals surface area contributed by atoms with E-state index in [0.717, 1.165) is 71.5 Å². The predicted molar refractivity (Wildman–Crippen MR) is 123 cm³/mol. The molecule has 0 aliphatic carbocycles. The molecule has 2 saturated heterocycles. The number of hydrogen-bond acceptors (Lipinski definition) is 4. The van der Waals surface area contributed by atoms with Gasteiger partial charge in [0, 0.05) is 57.5 Å². The van der Waals surface area contributed by atoms with E-state index in [-0.39, 0.29) is 24.0 Å². The summed E-state index contributed by atoms with van der Waals surface area (Å²) in [7, 11) is 0. The predicted octanol–water partition coefficient (Wildman–Crippen LogP) is 2.11. The molecule has 2 aliphatic rings.